The van der Waals surface area contributed by atoms with Gasteiger partial charge in [-0.1, -0.05) is 24.3 Å². The lowest BCUT2D eigenvalue weighted by Gasteiger charge is -2.32. The topological polar surface area (TPSA) is 11.4 Å². The molecule has 0 aliphatic carbocycles. The number of para-hydroxylation sites is 1. The number of likely N-dealkylation sites (N-methyl/N-ethyl adjacent to an activating group) is 1. The van der Waals surface area contributed by atoms with Crippen LogP contribution in [0.3, 0.4) is 0 Å². The highest BCUT2D eigenvalue weighted by Crippen LogP contribution is 2.32. The molecule has 3 nitrogen and oxygen atoms in total. The second-order valence-corrected chi connectivity index (χ2v) is 7.49. The van der Waals surface area contributed by atoms with E-state index in [9.17, 15) is 8.78 Å². The van der Waals surface area contributed by atoms with Gasteiger partial charge in [-0.2, -0.15) is 0 Å². The van der Waals surface area contributed by atoms with Crippen molar-refractivity contribution in [1.29, 1.82) is 0 Å². The van der Waals surface area contributed by atoms with Gasteiger partial charge in [-0.05, 0) is 49.9 Å². The molecule has 2 heterocycles. The number of hydrogen-bond donors (Lipinski definition) is 0. The molecule has 28 heavy (non-hydrogen) atoms. The molecule has 0 atom stereocenters. The average molecular weight is 381 g/mol. The Morgan fingerprint density at radius 3 is 2.18 bits per heavy atom. The molecular formula is C23H25F2N3. The van der Waals surface area contributed by atoms with Gasteiger partial charge in [-0.25, -0.2) is 8.78 Å². The smallest absolute Gasteiger partial charge is 0.147 e. The van der Waals surface area contributed by atoms with Crippen molar-refractivity contribution in [3.63, 3.8) is 0 Å². The van der Waals surface area contributed by atoms with Crippen molar-refractivity contribution >= 4 is 0 Å². The summed E-state index contributed by atoms with van der Waals surface area (Å²) in [5.74, 6) is -0.617. The van der Waals surface area contributed by atoms with Crippen molar-refractivity contribution < 1.29 is 8.78 Å². The van der Waals surface area contributed by atoms with Crippen LogP contribution in [0.5, 0.6) is 0 Å². The minimum Gasteiger partial charge on any atom is -0.311 e. The molecule has 4 rings (SSSR count). The third kappa shape index (κ3) is 3.60. The molecule has 1 saturated heterocycles. The van der Waals surface area contributed by atoms with Crippen LogP contribution in [0.2, 0.25) is 0 Å². The summed E-state index contributed by atoms with van der Waals surface area (Å²) >= 11 is 0. The first-order valence-electron chi connectivity index (χ1n) is 9.66. The Labute approximate surface area is 164 Å². The molecule has 1 aromatic heterocycles. The minimum atomic E-state index is -0.315. The van der Waals surface area contributed by atoms with Crippen LogP contribution in [0.1, 0.15) is 11.3 Å². The summed E-state index contributed by atoms with van der Waals surface area (Å²) in [5.41, 5.74) is 3.67. The van der Waals surface area contributed by atoms with Gasteiger partial charge in [0.25, 0.3) is 0 Å². The predicted octanol–water partition coefficient (Wildman–Crippen LogP) is 4.48. The van der Waals surface area contributed by atoms with E-state index in [4.69, 9.17) is 0 Å². The molecule has 0 saturated carbocycles. The Morgan fingerprint density at radius 2 is 1.50 bits per heavy atom. The molecule has 0 radical (unpaired) electrons. The van der Waals surface area contributed by atoms with Crippen LogP contribution in [-0.2, 0) is 6.54 Å². The maximum absolute atomic E-state index is 14.6. The van der Waals surface area contributed by atoms with E-state index in [1.54, 1.807) is 24.3 Å². The lowest BCUT2D eigenvalue weighted by atomic mass is 10.1. The molecule has 0 unspecified atom stereocenters. The molecule has 1 aliphatic rings. The lowest BCUT2D eigenvalue weighted by Crippen LogP contribution is -2.43. The normalized spacial score (nSPS) is 15.9. The van der Waals surface area contributed by atoms with Crippen LogP contribution in [0.4, 0.5) is 8.78 Å². The summed E-state index contributed by atoms with van der Waals surface area (Å²) in [6.45, 7) is 6.83. The molecule has 146 valence electrons. The van der Waals surface area contributed by atoms with E-state index in [1.807, 2.05) is 29.7 Å². The first-order valence-corrected chi connectivity index (χ1v) is 9.66. The molecule has 2 aromatic carbocycles. The number of hydrogen-bond acceptors (Lipinski definition) is 2. The van der Waals surface area contributed by atoms with Gasteiger partial charge in [0.2, 0.25) is 0 Å². The van der Waals surface area contributed by atoms with Gasteiger partial charge in [-0.3, -0.25) is 4.90 Å². The van der Waals surface area contributed by atoms with Crippen molar-refractivity contribution in [3.05, 3.63) is 77.5 Å². The van der Waals surface area contributed by atoms with Crippen molar-refractivity contribution in [2.75, 3.05) is 33.2 Å². The molecule has 3 aromatic rings. The van der Waals surface area contributed by atoms with Gasteiger partial charge in [-0.15, -0.1) is 0 Å². The van der Waals surface area contributed by atoms with E-state index in [1.165, 1.54) is 12.1 Å². The Balaban J connectivity index is 1.80. The quantitative estimate of drug-likeness (QED) is 0.660. The Hall–Kier alpha value is -2.50. The van der Waals surface area contributed by atoms with Crippen molar-refractivity contribution in [1.82, 2.24) is 14.4 Å². The average Bonchev–Trinajstić information content (AvgIpc) is 3.00. The molecule has 0 N–H and O–H groups in total. The molecule has 1 fully saturated rings. The number of halogens is 2. The number of piperazine rings is 1. The number of nitrogens with zero attached hydrogens (tertiary/aromatic N) is 3. The van der Waals surface area contributed by atoms with Crippen LogP contribution in [0, 0.1) is 18.6 Å². The summed E-state index contributed by atoms with van der Waals surface area (Å²) in [4.78, 5) is 4.72. The van der Waals surface area contributed by atoms with Gasteiger partial charge in [0, 0.05) is 44.0 Å². The molecule has 1 aliphatic heterocycles. The lowest BCUT2D eigenvalue weighted by molar-refractivity contribution is 0.148. The van der Waals surface area contributed by atoms with Crippen molar-refractivity contribution in [2.45, 2.75) is 13.5 Å². The monoisotopic (exact) mass is 381 g/mol. The summed E-state index contributed by atoms with van der Waals surface area (Å²) in [6, 6.07) is 15.4. The second-order valence-electron chi connectivity index (χ2n) is 7.49. The standard InChI is InChI=1S/C23H25F2N3/c1-17-18(16-27-13-11-26(2)12-14-27)15-23(19-7-3-4-8-20(19)24)28(17)22-10-6-5-9-21(22)25/h3-10,15H,11-14,16H2,1-2H3. The number of aromatic nitrogens is 1. The zero-order valence-corrected chi connectivity index (χ0v) is 16.3. The zero-order valence-electron chi connectivity index (χ0n) is 16.3. The third-order valence-electron chi connectivity index (χ3n) is 5.58. The van der Waals surface area contributed by atoms with E-state index in [2.05, 4.69) is 16.8 Å². The van der Waals surface area contributed by atoms with Gasteiger partial charge in [0.15, 0.2) is 0 Å². The van der Waals surface area contributed by atoms with E-state index >= 15 is 0 Å². The third-order valence-corrected chi connectivity index (χ3v) is 5.58. The predicted molar refractivity (Wildman–Crippen MR) is 109 cm³/mol. The maximum Gasteiger partial charge on any atom is 0.147 e. The summed E-state index contributed by atoms with van der Waals surface area (Å²) in [5, 5.41) is 0. The highest BCUT2D eigenvalue weighted by atomic mass is 19.1. The van der Waals surface area contributed by atoms with Crippen molar-refractivity contribution in [2.24, 2.45) is 0 Å². The first kappa shape index (κ1) is 18.8. The largest absolute Gasteiger partial charge is 0.311 e. The van der Waals surface area contributed by atoms with Gasteiger partial charge >= 0.3 is 0 Å². The Bertz CT molecular complexity index is 972. The fraction of sp³-hybridized carbons (Fsp3) is 0.304. The Morgan fingerprint density at radius 1 is 0.857 bits per heavy atom. The summed E-state index contributed by atoms with van der Waals surface area (Å²) in [7, 11) is 2.13. The van der Waals surface area contributed by atoms with E-state index in [0.29, 0.717) is 16.9 Å². The first-order chi connectivity index (χ1) is 13.5. The molecule has 0 bridgehead atoms. The number of rotatable bonds is 4. The van der Waals surface area contributed by atoms with Crippen LogP contribution in [0.25, 0.3) is 16.9 Å². The van der Waals surface area contributed by atoms with E-state index in [0.717, 1.165) is 44.0 Å². The Kier molecular flexibility index (Phi) is 5.29. The zero-order chi connectivity index (χ0) is 19.7. The van der Waals surface area contributed by atoms with Crippen LogP contribution in [0.15, 0.2) is 54.6 Å². The van der Waals surface area contributed by atoms with E-state index in [-0.39, 0.29) is 11.6 Å². The van der Waals surface area contributed by atoms with Gasteiger partial charge in [0.05, 0.1) is 11.4 Å². The summed E-state index contributed by atoms with van der Waals surface area (Å²) < 4.78 is 31.1. The molecule has 0 amide bonds. The fourth-order valence-electron chi connectivity index (χ4n) is 3.88. The summed E-state index contributed by atoms with van der Waals surface area (Å²) in [6.07, 6.45) is 0. The van der Waals surface area contributed by atoms with Crippen LogP contribution in [-0.4, -0.2) is 47.6 Å². The minimum absolute atomic E-state index is 0.302. The maximum atomic E-state index is 14.6. The highest BCUT2D eigenvalue weighted by Gasteiger charge is 2.21. The molecular weight excluding hydrogens is 356 g/mol. The van der Waals surface area contributed by atoms with Crippen LogP contribution >= 0.6 is 0 Å². The van der Waals surface area contributed by atoms with Crippen molar-refractivity contribution in [3.8, 4) is 16.9 Å². The molecule has 5 heteroatoms. The van der Waals surface area contributed by atoms with E-state index < -0.39 is 0 Å². The van der Waals surface area contributed by atoms with Gasteiger partial charge < -0.3 is 9.47 Å². The fourth-order valence-corrected chi connectivity index (χ4v) is 3.88. The molecule has 0 spiro atoms. The van der Waals surface area contributed by atoms with Crippen LogP contribution < -0.4 is 0 Å². The SMILES string of the molecule is Cc1c(CN2CCN(C)CC2)cc(-c2ccccc2F)n1-c1ccccc1F. The number of benzene rings is 2. The second kappa shape index (κ2) is 7.86. The highest BCUT2D eigenvalue weighted by molar-refractivity contribution is 5.66. The van der Waals surface area contributed by atoms with Gasteiger partial charge in [0.1, 0.15) is 11.6 Å².